The fourth-order valence-corrected chi connectivity index (χ4v) is 1.07. The average molecular weight is 144 g/mol. The average Bonchev–Trinajstić information content (AvgIpc) is 2.18. The molecule has 9 heavy (non-hydrogen) atoms. The van der Waals surface area contributed by atoms with Gasteiger partial charge in [0.1, 0.15) is 0 Å². The van der Waals surface area contributed by atoms with Crippen molar-refractivity contribution in [3.05, 3.63) is 4.88 Å². The number of nitrogens with zero attached hydrogens (tertiary/aromatic N) is 2. The van der Waals surface area contributed by atoms with Gasteiger partial charge in [-0.15, -0.1) is 5.10 Å². The zero-order chi connectivity index (χ0) is 6.69. The van der Waals surface area contributed by atoms with E-state index in [1.807, 2.05) is 7.05 Å². The molecule has 0 atom stereocenters. The second-order valence-corrected chi connectivity index (χ2v) is 2.45. The zero-order valence-corrected chi connectivity index (χ0v) is 5.90. The van der Waals surface area contributed by atoms with E-state index >= 15 is 0 Å². The first-order valence-electron chi connectivity index (χ1n) is 2.56. The van der Waals surface area contributed by atoms with Crippen LogP contribution in [0.1, 0.15) is 4.88 Å². The topological polar surface area (TPSA) is 63.8 Å². The van der Waals surface area contributed by atoms with Gasteiger partial charge in [-0.05, 0) is 18.6 Å². The maximum Gasteiger partial charge on any atom is 0.163 e. The van der Waals surface area contributed by atoms with Crippen LogP contribution in [0.5, 0.6) is 0 Å². The van der Waals surface area contributed by atoms with E-state index < -0.39 is 0 Å². The van der Waals surface area contributed by atoms with Gasteiger partial charge in [0, 0.05) is 6.54 Å². The minimum atomic E-state index is 0.536. The SMILES string of the molecule is CNCc1snnc1N. The van der Waals surface area contributed by atoms with E-state index in [1.54, 1.807) is 0 Å². The van der Waals surface area contributed by atoms with Crippen LogP contribution in [0.2, 0.25) is 0 Å². The highest BCUT2D eigenvalue weighted by Gasteiger charge is 1.99. The summed E-state index contributed by atoms with van der Waals surface area (Å²) in [5, 5.41) is 6.60. The van der Waals surface area contributed by atoms with Gasteiger partial charge in [0.2, 0.25) is 0 Å². The van der Waals surface area contributed by atoms with Crippen LogP contribution < -0.4 is 11.1 Å². The lowest BCUT2D eigenvalue weighted by Gasteiger charge is -1.91. The summed E-state index contributed by atoms with van der Waals surface area (Å²) in [5.74, 6) is 0.536. The third kappa shape index (κ3) is 1.36. The van der Waals surface area contributed by atoms with Gasteiger partial charge in [0.05, 0.1) is 4.88 Å². The van der Waals surface area contributed by atoms with Crippen molar-refractivity contribution < 1.29 is 0 Å². The van der Waals surface area contributed by atoms with Crippen molar-refractivity contribution in [1.29, 1.82) is 0 Å². The van der Waals surface area contributed by atoms with Gasteiger partial charge in [-0.25, -0.2) is 0 Å². The first-order valence-corrected chi connectivity index (χ1v) is 3.33. The van der Waals surface area contributed by atoms with E-state index in [4.69, 9.17) is 5.73 Å². The molecular weight excluding hydrogens is 136 g/mol. The first-order chi connectivity index (χ1) is 4.34. The number of hydrogen-bond donors (Lipinski definition) is 2. The monoisotopic (exact) mass is 144 g/mol. The third-order valence-electron chi connectivity index (χ3n) is 0.923. The molecule has 0 spiro atoms. The Morgan fingerprint density at radius 3 is 3.00 bits per heavy atom. The van der Waals surface area contributed by atoms with Crippen LogP contribution in [0.4, 0.5) is 5.82 Å². The van der Waals surface area contributed by atoms with Gasteiger partial charge < -0.3 is 11.1 Å². The van der Waals surface area contributed by atoms with E-state index in [0.717, 1.165) is 11.4 Å². The molecule has 0 aliphatic rings. The van der Waals surface area contributed by atoms with Gasteiger partial charge in [-0.3, -0.25) is 0 Å². The Kier molecular flexibility index (Phi) is 1.96. The summed E-state index contributed by atoms with van der Waals surface area (Å²) < 4.78 is 3.67. The second-order valence-electron chi connectivity index (χ2n) is 1.61. The minimum absolute atomic E-state index is 0.536. The van der Waals surface area contributed by atoms with E-state index in [2.05, 4.69) is 14.9 Å². The molecule has 4 nitrogen and oxygen atoms in total. The van der Waals surface area contributed by atoms with Crippen LogP contribution in [0.3, 0.4) is 0 Å². The van der Waals surface area contributed by atoms with Crippen molar-refractivity contribution in [2.24, 2.45) is 0 Å². The normalized spacial score (nSPS) is 9.89. The Morgan fingerprint density at radius 2 is 2.56 bits per heavy atom. The molecule has 0 fully saturated rings. The summed E-state index contributed by atoms with van der Waals surface area (Å²) in [6.07, 6.45) is 0. The molecule has 0 saturated carbocycles. The number of hydrogen-bond acceptors (Lipinski definition) is 5. The van der Waals surface area contributed by atoms with Gasteiger partial charge >= 0.3 is 0 Å². The summed E-state index contributed by atoms with van der Waals surface area (Å²) in [5.41, 5.74) is 5.42. The first kappa shape index (κ1) is 6.44. The van der Waals surface area contributed by atoms with Crippen molar-refractivity contribution in [1.82, 2.24) is 14.9 Å². The van der Waals surface area contributed by atoms with E-state index in [9.17, 15) is 0 Å². The smallest absolute Gasteiger partial charge is 0.163 e. The number of aromatic nitrogens is 2. The molecule has 0 bridgehead atoms. The highest BCUT2D eigenvalue weighted by molar-refractivity contribution is 7.06. The highest BCUT2D eigenvalue weighted by Crippen LogP contribution is 2.10. The molecule has 0 aliphatic carbocycles. The third-order valence-corrected chi connectivity index (χ3v) is 1.66. The fourth-order valence-electron chi connectivity index (χ4n) is 0.500. The number of anilines is 1. The van der Waals surface area contributed by atoms with Crippen molar-refractivity contribution in [3.63, 3.8) is 0 Å². The predicted octanol–water partition coefficient (Wildman–Crippen LogP) is -0.160. The van der Waals surface area contributed by atoms with Crippen molar-refractivity contribution in [2.45, 2.75) is 6.54 Å². The Bertz CT molecular complexity index is 184. The van der Waals surface area contributed by atoms with Gasteiger partial charge in [-0.2, -0.15) is 0 Å². The Hall–Kier alpha value is -0.680. The highest BCUT2D eigenvalue weighted by atomic mass is 32.1. The molecule has 0 radical (unpaired) electrons. The van der Waals surface area contributed by atoms with E-state index in [-0.39, 0.29) is 0 Å². The molecule has 0 amide bonds. The Labute approximate surface area is 57.2 Å². The summed E-state index contributed by atoms with van der Waals surface area (Å²) >= 11 is 1.33. The molecule has 5 heteroatoms. The van der Waals surface area contributed by atoms with Crippen molar-refractivity contribution >= 4 is 17.4 Å². The van der Waals surface area contributed by atoms with Crippen LogP contribution >= 0.6 is 11.5 Å². The van der Waals surface area contributed by atoms with Gasteiger partial charge in [0.25, 0.3) is 0 Å². The Balaban J connectivity index is 2.69. The van der Waals surface area contributed by atoms with Gasteiger partial charge in [-0.1, -0.05) is 4.49 Å². The minimum Gasteiger partial charge on any atom is -0.381 e. The van der Waals surface area contributed by atoms with Crippen LogP contribution in [-0.4, -0.2) is 16.6 Å². The lowest BCUT2D eigenvalue weighted by atomic mass is 10.5. The molecule has 0 aromatic carbocycles. The number of nitrogen functional groups attached to an aromatic ring is 1. The molecule has 50 valence electrons. The summed E-state index contributed by atoms with van der Waals surface area (Å²) in [6.45, 7) is 0.753. The number of nitrogens with two attached hydrogens (primary N) is 1. The molecular formula is C4H8N4S. The molecule has 3 N–H and O–H groups in total. The zero-order valence-electron chi connectivity index (χ0n) is 5.09. The molecule has 0 aliphatic heterocycles. The molecule has 1 rings (SSSR count). The maximum absolute atomic E-state index is 5.42. The molecule has 0 saturated heterocycles. The molecule has 0 unspecified atom stereocenters. The van der Waals surface area contributed by atoms with Crippen LogP contribution in [0.15, 0.2) is 0 Å². The van der Waals surface area contributed by atoms with Crippen LogP contribution in [0, 0.1) is 0 Å². The molecule has 1 aromatic rings. The fraction of sp³-hybridized carbons (Fsp3) is 0.500. The number of nitrogens with one attached hydrogen (secondary N) is 1. The predicted molar refractivity (Wildman–Crippen MR) is 37.1 cm³/mol. The lowest BCUT2D eigenvalue weighted by molar-refractivity contribution is 0.831. The van der Waals surface area contributed by atoms with E-state index in [0.29, 0.717) is 5.82 Å². The summed E-state index contributed by atoms with van der Waals surface area (Å²) in [6, 6.07) is 0. The van der Waals surface area contributed by atoms with Crippen LogP contribution in [-0.2, 0) is 6.54 Å². The Morgan fingerprint density at radius 1 is 1.78 bits per heavy atom. The molecule has 1 aromatic heterocycles. The van der Waals surface area contributed by atoms with Crippen LogP contribution in [0.25, 0.3) is 0 Å². The lowest BCUT2D eigenvalue weighted by Crippen LogP contribution is -2.05. The quantitative estimate of drug-likeness (QED) is 0.605. The van der Waals surface area contributed by atoms with Crippen molar-refractivity contribution in [3.8, 4) is 0 Å². The second kappa shape index (κ2) is 2.75. The molecule has 1 heterocycles. The van der Waals surface area contributed by atoms with Crippen molar-refractivity contribution in [2.75, 3.05) is 12.8 Å². The summed E-state index contributed by atoms with van der Waals surface area (Å²) in [7, 11) is 1.86. The van der Waals surface area contributed by atoms with E-state index in [1.165, 1.54) is 11.5 Å². The standard InChI is InChI=1S/C4H8N4S/c1-6-2-3-4(5)7-8-9-3/h6H,2,5H2,1H3. The number of rotatable bonds is 2. The summed E-state index contributed by atoms with van der Waals surface area (Å²) in [4.78, 5) is 0.998. The van der Waals surface area contributed by atoms with Gasteiger partial charge in [0.15, 0.2) is 5.82 Å². The maximum atomic E-state index is 5.42. The largest absolute Gasteiger partial charge is 0.381 e.